The number of guanidine groups is 1. The molecular weight excluding hydrogens is 344 g/mol. The topological polar surface area (TPSA) is 87.9 Å². The molecule has 0 fully saturated rings. The summed E-state index contributed by atoms with van der Waals surface area (Å²) in [5.41, 5.74) is 1.56. The van der Waals surface area contributed by atoms with Gasteiger partial charge in [-0.3, -0.25) is 4.79 Å². The summed E-state index contributed by atoms with van der Waals surface area (Å²) in [4.78, 5) is 16.9. The average Bonchev–Trinajstić information content (AvgIpc) is 3.21. The van der Waals surface area contributed by atoms with E-state index in [2.05, 4.69) is 20.9 Å². The number of amides is 1. The van der Waals surface area contributed by atoms with Crippen molar-refractivity contribution in [3.05, 3.63) is 59.5 Å². The molecule has 0 saturated carbocycles. The van der Waals surface area contributed by atoms with Gasteiger partial charge in [-0.15, -0.1) is 0 Å². The van der Waals surface area contributed by atoms with Crippen molar-refractivity contribution in [3.63, 3.8) is 0 Å². The van der Waals surface area contributed by atoms with Gasteiger partial charge in [0.15, 0.2) is 5.96 Å². The molecule has 0 radical (unpaired) electrons. The van der Waals surface area contributed by atoms with Gasteiger partial charge in [-0.25, -0.2) is 4.99 Å². The normalized spacial score (nSPS) is 11.3. The van der Waals surface area contributed by atoms with Crippen molar-refractivity contribution >= 4 is 11.9 Å². The standard InChI is InChI=1S/C20H28N4O3/c1-3-21-20(22-10-12-26-4-2)24-14-16-7-5-8-17(13-16)19(25)23-15-18-9-6-11-27-18/h5-9,11,13H,3-4,10,12,14-15H2,1-2H3,(H,23,25)(H2,21,22,24). The van der Waals surface area contributed by atoms with Gasteiger partial charge in [-0.05, 0) is 43.7 Å². The van der Waals surface area contributed by atoms with Crippen molar-refractivity contribution in [1.82, 2.24) is 16.0 Å². The molecule has 0 saturated heterocycles. The van der Waals surface area contributed by atoms with Crippen LogP contribution in [0, 0.1) is 0 Å². The zero-order valence-electron chi connectivity index (χ0n) is 16.0. The Morgan fingerprint density at radius 3 is 2.78 bits per heavy atom. The molecule has 27 heavy (non-hydrogen) atoms. The number of hydrogen-bond acceptors (Lipinski definition) is 4. The fourth-order valence-corrected chi connectivity index (χ4v) is 2.39. The number of hydrogen-bond donors (Lipinski definition) is 3. The van der Waals surface area contributed by atoms with E-state index in [1.165, 1.54) is 0 Å². The molecule has 0 aliphatic carbocycles. The van der Waals surface area contributed by atoms with E-state index in [0.717, 1.165) is 23.8 Å². The maximum atomic E-state index is 12.3. The lowest BCUT2D eigenvalue weighted by Crippen LogP contribution is -2.39. The number of carbonyl (C=O) groups is 1. The Kier molecular flexibility index (Phi) is 8.92. The van der Waals surface area contributed by atoms with Crippen molar-refractivity contribution in [1.29, 1.82) is 0 Å². The first-order chi connectivity index (χ1) is 13.2. The molecule has 7 heteroatoms. The molecule has 1 aromatic carbocycles. The number of ether oxygens (including phenoxy) is 1. The lowest BCUT2D eigenvalue weighted by Gasteiger charge is -2.11. The molecule has 0 aliphatic heterocycles. The average molecular weight is 372 g/mol. The second kappa shape index (κ2) is 11.7. The zero-order chi connectivity index (χ0) is 19.3. The highest BCUT2D eigenvalue weighted by molar-refractivity contribution is 5.94. The van der Waals surface area contributed by atoms with Gasteiger partial charge < -0.3 is 25.1 Å². The molecule has 2 rings (SSSR count). The van der Waals surface area contributed by atoms with Gasteiger partial charge in [-0.2, -0.15) is 0 Å². The van der Waals surface area contributed by atoms with Crippen molar-refractivity contribution in [3.8, 4) is 0 Å². The summed E-state index contributed by atoms with van der Waals surface area (Å²) in [5.74, 6) is 1.31. The summed E-state index contributed by atoms with van der Waals surface area (Å²) in [6, 6.07) is 11.1. The second-order valence-corrected chi connectivity index (χ2v) is 5.78. The maximum absolute atomic E-state index is 12.3. The first-order valence-corrected chi connectivity index (χ1v) is 9.22. The molecule has 0 aliphatic rings. The smallest absolute Gasteiger partial charge is 0.251 e. The maximum Gasteiger partial charge on any atom is 0.251 e. The van der Waals surface area contributed by atoms with Crippen LogP contribution in [0.15, 0.2) is 52.1 Å². The Morgan fingerprint density at radius 2 is 2.04 bits per heavy atom. The van der Waals surface area contributed by atoms with Gasteiger partial charge in [0.05, 0.1) is 26.0 Å². The largest absolute Gasteiger partial charge is 0.467 e. The Bertz CT molecular complexity index is 714. The van der Waals surface area contributed by atoms with E-state index in [1.54, 1.807) is 18.4 Å². The summed E-state index contributed by atoms with van der Waals surface area (Å²) < 4.78 is 10.5. The molecule has 0 atom stereocenters. The third-order valence-corrected chi connectivity index (χ3v) is 3.70. The molecule has 0 spiro atoms. The van der Waals surface area contributed by atoms with E-state index in [-0.39, 0.29) is 5.91 Å². The van der Waals surface area contributed by atoms with Gasteiger partial charge in [0.1, 0.15) is 5.76 Å². The quantitative estimate of drug-likeness (QED) is 0.338. The Balaban J connectivity index is 1.91. The number of carbonyl (C=O) groups excluding carboxylic acids is 1. The Labute approximate surface area is 160 Å². The molecule has 1 amide bonds. The minimum absolute atomic E-state index is 0.140. The van der Waals surface area contributed by atoms with Crippen molar-refractivity contribution in [2.24, 2.45) is 4.99 Å². The van der Waals surface area contributed by atoms with Crippen LogP contribution >= 0.6 is 0 Å². The van der Waals surface area contributed by atoms with Crippen LogP contribution in [0.25, 0.3) is 0 Å². The third kappa shape index (κ3) is 7.53. The van der Waals surface area contributed by atoms with Crippen LogP contribution in [0.4, 0.5) is 0 Å². The molecule has 0 unspecified atom stereocenters. The van der Waals surface area contributed by atoms with Crippen molar-refractivity contribution < 1.29 is 13.9 Å². The molecule has 0 bridgehead atoms. The summed E-state index contributed by atoms with van der Waals surface area (Å²) in [6.07, 6.45) is 1.59. The molecule has 2 aromatic rings. The number of rotatable bonds is 10. The highest BCUT2D eigenvalue weighted by Crippen LogP contribution is 2.07. The Hall–Kier alpha value is -2.80. The third-order valence-electron chi connectivity index (χ3n) is 3.70. The predicted molar refractivity (Wildman–Crippen MR) is 106 cm³/mol. The van der Waals surface area contributed by atoms with Gasteiger partial charge >= 0.3 is 0 Å². The molecule has 1 aromatic heterocycles. The van der Waals surface area contributed by atoms with E-state index in [4.69, 9.17) is 9.15 Å². The van der Waals surface area contributed by atoms with Gasteiger partial charge in [0.2, 0.25) is 0 Å². The van der Waals surface area contributed by atoms with E-state index in [0.29, 0.717) is 38.4 Å². The first-order valence-electron chi connectivity index (χ1n) is 9.22. The highest BCUT2D eigenvalue weighted by atomic mass is 16.5. The SMILES string of the molecule is CCNC(=NCc1cccc(C(=O)NCc2ccco2)c1)NCCOCC. The minimum atomic E-state index is -0.140. The summed E-state index contributed by atoms with van der Waals surface area (Å²) >= 11 is 0. The Morgan fingerprint density at radius 1 is 1.15 bits per heavy atom. The van der Waals surface area contributed by atoms with Crippen LogP contribution in [0.5, 0.6) is 0 Å². The number of benzene rings is 1. The van der Waals surface area contributed by atoms with E-state index in [1.807, 2.05) is 38.1 Å². The van der Waals surface area contributed by atoms with Crippen molar-refractivity contribution in [2.75, 3.05) is 26.3 Å². The molecule has 3 N–H and O–H groups in total. The monoisotopic (exact) mass is 372 g/mol. The zero-order valence-corrected chi connectivity index (χ0v) is 16.0. The molecule has 146 valence electrons. The number of nitrogens with one attached hydrogen (secondary N) is 3. The van der Waals surface area contributed by atoms with Gasteiger partial charge in [0, 0.05) is 25.3 Å². The van der Waals surface area contributed by atoms with Crippen LogP contribution in [0.1, 0.15) is 35.5 Å². The number of furan rings is 1. The van der Waals surface area contributed by atoms with E-state index in [9.17, 15) is 4.79 Å². The molecule has 7 nitrogen and oxygen atoms in total. The van der Waals surface area contributed by atoms with Crippen molar-refractivity contribution in [2.45, 2.75) is 26.9 Å². The van der Waals surface area contributed by atoms with Gasteiger partial charge in [0.25, 0.3) is 5.91 Å². The summed E-state index contributed by atoms with van der Waals surface area (Å²) in [6.45, 7) is 7.62. The first kappa shape index (κ1) is 20.5. The second-order valence-electron chi connectivity index (χ2n) is 5.78. The van der Waals surface area contributed by atoms with Crippen LogP contribution in [-0.4, -0.2) is 38.2 Å². The number of aliphatic imine (C=N–C) groups is 1. The van der Waals surface area contributed by atoms with E-state index >= 15 is 0 Å². The van der Waals surface area contributed by atoms with Crippen LogP contribution in [-0.2, 0) is 17.8 Å². The summed E-state index contributed by atoms with van der Waals surface area (Å²) in [7, 11) is 0. The van der Waals surface area contributed by atoms with Crippen LogP contribution in [0.2, 0.25) is 0 Å². The highest BCUT2D eigenvalue weighted by Gasteiger charge is 2.07. The van der Waals surface area contributed by atoms with E-state index < -0.39 is 0 Å². The molecule has 1 heterocycles. The molecular formula is C20H28N4O3. The van der Waals surface area contributed by atoms with Gasteiger partial charge in [-0.1, -0.05) is 12.1 Å². The van der Waals surface area contributed by atoms with Crippen LogP contribution in [0.3, 0.4) is 0 Å². The van der Waals surface area contributed by atoms with Crippen LogP contribution < -0.4 is 16.0 Å². The lowest BCUT2D eigenvalue weighted by atomic mass is 10.1. The predicted octanol–water partition coefficient (Wildman–Crippen LogP) is 2.30. The summed E-state index contributed by atoms with van der Waals surface area (Å²) in [5, 5.41) is 9.27. The lowest BCUT2D eigenvalue weighted by molar-refractivity contribution is 0.0948. The fourth-order valence-electron chi connectivity index (χ4n) is 2.39. The minimum Gasteiger partial charge on any atom is -0.467 e. The fraction of sp³-hybridized carbons (Fsp3) is 0.400. The number of nitrogens with zero attached hydrogens (tertiary/aromatic N) is 1.